The number of hydrogen-bond donors (Lipinski definition) is 3. The molecule has 1 aliphatic carbocycles. The van der Waals surface area contributed by atoms with Crippen LogP contribution in [0, 0.1) is 17.8 Å². The standard InChI is InChI=1S/C22H34NO6P/c1-16(2)19(21(24)25)15-30(27,28)20(13-17-9-5-3-6-10-17)23-22(26)29-14-18-11-7-4-8-12-18/h4,7-8,11-12,16-17,19-20H,3,5-6,9-10,13-15H2,1-2H3,(H,23,26)(H,24,25)(H,27,28). The Morgan fingerprint density at radius 2 is 1.80 bits per heavy atom. The highest BCUT2D eigenvalue weighted by molar-refractivity contribution is 7.58. The van der Waals surface area contributed by atoms with Crippen molar-refractivity contribution in [1.82, 2.24) is 5.32 Å². The largest absolute Gasteiger partial charge is 0.481 e. The number of amides is 1. The maximum absolute atomic E-state index is 13.2. The van der Waals surface area contributed by atoms with Gasteiger partial charge in [0.05, 0.1) is 5.92 Å². The molecule has 0 bridgehead atoms. The molecule has 1 saturated carbocycles. The second-order valence-electron chi connectivity index (χ2n) is 8.59. The first-order valence-corrected chi connectivity index (χ1v) is 12.6. The molecule has 2 rings (SSSR count). The van der Waals surface area contributed by atoms with E-state index < -0.39 is 31.1 Å². The van der Waals surface area contributed by atoms with Crippen LogP contribution in [-0.4, -0.2) is 34.0 Å². The second kappa shape index (κ2) is 11.5. The Morgan fingerprint density at radius 3 is 2.37 bits per heavy atom. The van der Waals surface area contributed by atoms with Crippen LogP contribution in [0.4, 0.5) is 4.79 Å². The molecule has 3 atom stereocenters. The zero-order valence-electron chi connectivity index (χ0n) is 17.8. The minimum absolute atomic E-state index is 0.0578. The number of nitrogens with one attached hydrogen (secondary N) is 1. The van der Waals surface area contributed by atoms with Gasteiger partial charge in [0.15, 0.2) is 0 Å². The van der Waals surface area contributed by atoms with Crippen LogP contribution in [0.2, 0.25) is 0 Å². The van der Waals surface area contributed by atoms with Crippen molar-refractivity contribution in [1.29, 1.82) is 0 Å². The van der Waals surface area contributed by atoms with Crippen molar-refractivity contribution in [2.75, 3.05) is 6.16 Å². The normalized spacial score (nSPS) is 18.9. The van der Waals surface area contributed by atoms with Gasteiger partial charge in [-0.25, -0.2) is 4.79 Å². The second-order valence-corrected chi connectivity index (χ2v) is 11.1. The molecule has 0 aromatic heterocycles. The van der Waals surface area contributed by atoms with Gasteiger partial charge in [0, 0.05) is 6.16 Å². The summed E-state index contributed by atoms with van der Waals surface area (Å²) in [7, 11) is -3.98. The summed E-state index contributed by atoms with van der Waals surface area (Å²) in [6.07, 6.45) is 4.41. The summed E-state index contributed by atoms with van der Waals surface area (Å²) < 4.78 is 18.5. The van der Waals surface area contributed by atoms with Crippen molar-refractivity contribution < 1.29 is 28.9 Å². The number of carboxylic acids is 1. The lowest BCUT2D eigenvalue weighted by Crippen LogP contribution is -2.39. The van der Waals surface area contributed by atoms with Crippen LogP contribution in [-0.2, 0) is 20.7 Å². The molecule has 1 aromatic rings. The molecule has 0 heterocycles. The van der Waals surface area contributed by atoms with Gasteiger partial charge < -0.3 is 20.1 Å². The fourth-order valence-corrected chi connectivity index (χ4v) is 6.28. The molecular formula is C22H34NO6P. The number of alkyl carbamates (subject to hydrolysis) is 1. The van der Waals surface area contributed by atoms with Crippen molar-refractivity contribution >= 4 is 19.4 Å². The Labute approximate surface area is 178 Å². The number of aliphatic carboxylic acids is 1. The van der Waals surface area contributed by atoms with E-state index in [1.807, 2.05) is 30.3 Å². The van der Waals surface area contributed by atoms with Gasteiger partial charge in [-0.1, -0.05) is 76.3 Å². The molecule has 0 saturated heterocycles. The van der Waals surface area contributed by atoms with Crippen LogP contribution in [0.3, 0.4) is 0 Å². The molecule has 1 fully saturated rings. The highest BCUT2D eigenvalue weighted by atomic mass is 31.2. The molecule has 0 spiro atoms. The summed E-state index contributed by atoms with van der Waals surface area (Å²) >= 11 is 0. The third-order valence-electron chi connectivity index (χ3n) is 5.85. The SMILES string of the molecule is CC(C)C(CP(=O)(O)C(CC1CCCCC1)NC(=O)OCc1ccccc1)C(=O)O. The van der Waals surface area contributed by atoms with Crippen LogP contribution in [0.5, 0.6) is 0 Å². The molecule has 7 nitrogen and oxygen atoms in total. The van der Waals surface area contributed by atoms with Crippen molar-refractivity contribution in [3.63, 3.8) is 0 Å². The molecule has 0 aliphatic heterocycles. The van der Waals surface area contributed by atoms with Crippen molar-refractivity contribution in [2.45, 2.75) is 64.8 Å². The van der Waals surface area contributed by atoms with E-state index in [-0.39, 0.29) is 24.6 Å². The minimum Gasteiger partial charge on any atom is -0.481 e. The topological polar surface area (TPSA) is 113 Å². The van der Waals surface area contributed by atoms with Crippen molar-refractivity contribution in [3.8, 4) is 0 Å². The summed E-state index contributed by atoms with van der Waals surface area (Å²) in [4.78, 5) is 34.8. The van der Waals surface area contributed by atoms with E-state index in [2.05, 4.69) is 5.32 Å². The number of ether oxygens (including phenoxy) is 1. The van der Waals surface area contributed by atoms with Crippen LogP contribution in [0.25, 0.3) is 0 Å². The molecular weight excluding hydrogens is 405 g/mol. The van der Waals surface area contributed by atoms with Crippen molar-refractivity contribution in [2.24, 2.45) is 17.8 Å². The summed E-state index contributed by atoms with van der Waals surface area (Å²) in [5.41, 5.74) is 0.814. The summed E-state index contributed by atoms with van der Waals surface area (Å²) in [6.45, 7) is 3.50. The number of carboxylic acid groups (broad SMARTS) is 1. The van der Waals surface area contributed by atoms with Crippen LogP contribution < -0.4 is 5.32 Å². The zero-order valence-corrected chi connectivity index (χ0v) is 18.7. The predicted molar refractivity (Wildman–Crippen MR) is 115 cm³/mol. The molecule has 0 radical (unpaired) electrons. The molecule has 1 amide bonds. The molecule has 30 heavy (non-hydrogen) atoms. The average molecular weight is 439 g/mol. The first-order valence-electron chi connectivity index (χ1n) is 10.7. The van der Waals surface area contributed by atoms with Crippen LogP contribution >= 0.6 is 7.37 Å². The Morgan fingerprint density at radius 1 is 1.17 bits per heavy atom. The Kier molecular flexibility index (Phi) is 9.37. The van der Waals surface area contributed by atoms with Gasteiger partial charge in [-0.3, -0.25) is 9.36 Å². The van der Waals surface area contributed by atoms with Gasteiger partial charge in [-0.05, 0) is 23.8 Å². The fourth-order valence-electron chi connectivity index (χ4n) is 3.95. The summed E-state index contributed by atoms with van der Waals surface area (Å²) in [5, 5.41) is 12.0. The molecule has 1 aliphatic rings. The predicted octanol–water partition coefficient (Wildman–Crippen LogP) is 4.84. The van der Waals surface area contributed by atoms with E-state index in [1.165, 1.54) is 0 Å². The van der Waals surface area contributed by atoms with E-state index in [9.17, 15) is 24.2 Å². The lowest BCUT2D eigenvalue weighted by Gasteiger charge is -2.31. The summed E-state index contributed by atoms with van der Waals surface area (Å²) in [5.74, 6) is -3.10. The molecule has 1 aromatic carbocycles. The highest BCUT2D eigenvalue weighted by Crippen LogP contribution is 2.51. The molecule has 8 heteroatoms. The van der Waals surface area contributed by atoms with Gasteiger partial charge in [0.2, 0.25) is 7.37 Å². The third kappa shape index (κ3) is 7.77. The first kappa shape index (κ1) is 24.4. The minimum atomic E-state index is -3.98. The maximum atomic E-state index is 13.2. The van der Waals surface area contributed by atoms with Gasteiger partial charge >= 0.3 is 12.1 Å². The van der Waals surface area contributed by atoms with Crippen LogP contribution in [0.15, 0.2) is 30.3 Å². The Hall–Kier alpha value is -1.85. The van der Waals surface area contributed by atoms with Gasteiger partial charge in [0.1, 0.15) is 12.4 Å². The lowest BCUT2D eigenvalue weighted by molar-refractivity contribution is -0.142. The number of carbonyl (C=O) groups is 2. The van der Waals surface area contributed by atoms with E-state index in [0.29, 0.717) is 6.42 Å². The van der Waals surface area contributed by atoms with E-state index in [1.54, 1.807) is 13.8 Å². The van der Waals surface area contributed by atoms with E-state index in [4.69, 9.17) is 4.74 Å². The van der Waals surface area contributed by atoms with E-state index >= 15 is 0 Å². The Bertz CT molecular complexity index is 732. The zero-order chi connectivity index (χ0) is 22.1. The van der Waals surface area contributed by atoms with Gasteiger partial charge in [-0.15, -0.1) is 0 Å². The monoisotopic (exact) mass is 439 g/mol. The van der Waals surface area contributed by atoms with Gasteiger partial charge in [0.25, 0.3) is 0 Å². The number of rotatable bonds is 10. The lowest BCUT2D eigenvalue weighted by atomic mass is 9.87. The molecule has 3 unspecified atom stereocenters. The number of hydrogen-bond acceptors (Lipinski definition) is 4. The highest BCUT2D eigenvalue weighted by Gasteiger charge is 2.39. The maximum Gasteiger partial charge on any atom is 0.408 e. The fraction of sp³-hybridized carbons (Fsp3) is 0.636. The number of benzene rings is 1. The summed E-state index contributed by atoms with van der Waals surface area (Å²) in [6, 6.07) is 9.18. The quantitative estimate of drug-likeness (QED) is 0.450. The Balaban J connectivity index is 2.08. The van der Waals surface area contributed by atoms with Crippen molar-refractivity contribution in [3.05, 3.63) is 35.9 Å². The average Bonchev–Trinajstić information content (AvgIpc) is 2.71. The number of carbonyl (C=O) groups excluding carboxylic acids is 1. The molecule has 3 N–H and O–H groups in total. The van der Waals surface area contributed by atoms with E-state index in [0.717, 1.165) is 37.7 Å². The third-order valence-corrected chi connectivity index (χ3v) is 8.08. The van der Waals surface area contributed by atoms with Gasteiger partial charge in [-0.2, -0.15) is 0 Å². The van der Waals surface area contributed by atoms with Crippen LogP contribution in [0.1, 0.15) is 57.9 Å². The first-order chi connectivity index (χ1) is 14.2. The smallest absolute Gasteiger partial charge is 0.408 e. The molecule has 168 valence electrons.